The van der Waals surface area contributed by atoms with Gasteiger partial charge in [0, 0.05) is 40.9 Å². The molecule has 4 unspecified atom stereocenters. The van der Waals surface area contributed by atoms with E-state index < -0.39 is 18.4 Å². The molecule has 4 N–H and O–H groups in total. The number of hydrogen-bond donors (Lipinski definition) is 4. The van der Waals surface area contributed by atoms with Crippen molar-refractivity contribution in [3.05, 3.63) is 125 Å². The summed E-state index contributed by atoms with van der Waals surface area (Å²) < 4.78 is 13.0. The third kappa shape index (κ3) is 10.0. The van der Waals surface area contributed by atoms with Crippen LogP contribution in [0, 0.1) is 0 Å². The van der Waals surface area contributed by atoms with Crippen LogP contribution in [0.1, 0.15) is 54.9 Å². The molecular weight excluding hydrogens is 614 g/mol. The minimum Gasteiger partial charge on any atom is -0.392 e. The van der Waals surface area contributed by atoms with Crippen LogP contribution >= 0.6 is 11.8 Å². The van der Waals surface area contributed by atoms with Crippen molar-refractivity contribution >= 4 is 40.9 Å². The Morgan fingerprint density at radius 3 is 2.23 bits per heavy atom. The van der Waals surface area contributed by atoms with Gasteiger partial charge < -0.3 is 30.5 Å². The summed E-state index contributed by atoms with van der Waals surface area (Å²) in [4.78, 5) is 37.7. The highest BCUT2D eigenvalue weighted by Gasteiger charge is 2.32. The Labute approximate surface area is 279 Å². The number of nitrogens with one attached hydrogen (secondary N) is 3. The topological polar surface area (TPSA) is 126 Å². The van der Waals surface area contributed by atoms with Crippen LogP contribution in [0.2, 0.25) is 0 Å². The van der Waals surface area contributed by atoms with Crippen LogP contribution in [0.5, 0.6) is 0 Å². The molecule has 0 saturated carbocycles. The number of aliphatic hydroxyl groups is 1. The van der Waals surface area contributed by atoms with Crippen LogP contribution in [0.25, 0.3) is 0 Å². The van der Waals surface area contributed by atoms with Gasteiger partial charge in [-0.1, -0.05) is 66.7 Å². The lowest BCUT2D eigenvalue weighted by Crippen LogP contribution is -2.43. The third-order valence-electron chi connectivity index (χ3n) is 7.72. The lowest BCUT2D eigenvalue weighted by atomic mass is 10.0. The molecule has 0 aromatic heterocycles. The zero-order valence-corrected chi connectivity index (χ0v) is 27.2. The highest BCUT2D eigenvalue weighted by molar-refractivity contribution is 7.99. The summed E-state index contributed by atoms with van der Waals surface area (Å²) in [5, 5.41) is 18.0. The average Bonchev–Trinajstić information content (AvgIpc) is 3.08. The minimum absolute atomic E-state index is 0.0374. The number of rotatable bonds is 12. The quantitative estimate of drug-likeness (QED) is 0.124. The minimum atomic E-state index is -0.702. The van der Waals surface area contributed by atoms with E-state index in [1.807, 2.05) is 97.1 Å². The van der Waals surface area contributed by atoms with Gasteiger partial charge in [-0.15, -0.1) is 11.8 Å². The zero-order valence-electron chi connectivity index (χ0n) is 26.3. The van der Waals surface area contributed by atoms with E-state index in [1.54, 1.807) is 17.8 Å². The number of ketones is 1. The van der Waals surface area contributed by atoms with Crippen LogP contribution in [0.3, 0.4) is 0 Å². The predicted molar refractivity (Wildman–Crippen MR) is 183 cm³/mol. The molecule has 4 aromatic rings. The van der Waals surface area contributed by atoms with E-state index in [9.17, 15) is 19.5 Å². The molecule has 1 aliphatic rings. The highest BCUT2D eigenvalue weighted by atomic mass is 32.2. The average molecular weight is 654 g/mol. The number of urea groups is 1. The molecule has 0 bridgehead atoms. The molecule has 47 heavy (non-hydrogen) atoms. The first-order valence-corrected chi connectivity index (χ1v) is 16.5. The number of hydrogen-bond acceptors (Lipinski definition) is 7. The summed E-state index contributed by atoms with van der Waals surface area (Å²) in [6, 6.07) is 31.1. The maximum atomic E-state index is 13.0. The molecule has 1 fully saturated rings. The summed E-state index contributed by atoms with van der Waals surface area (Å²) in [5.41, 5.74) is 4.77. The standard InChI is InChI=1S/C37H39N3O6S/c1-24(42)34(19-26-7-4-3-5-8-26)40-37(44)39-31-10-6-9-29(20-31)36-45-32(21-35(46-36)28-13-11-27(22-41)12-14-28)23-47-33-17-15-30(16-18-33)38-25(2)43/h3-18,20,32,34-36,41H,19,21-23H2,1-2H3,(H,38,43)(H2,39,40,44). The Balaban J connectivity index is 1.28. The molecule has 10 heteroatoms. The van der Waals surface area contributed by atoms with E-state index in [-0.39, 0.29) is 30.5 Å². The first kappa shape index (κ1) is 33.9. The normalized spacial score (nSPS) is 18.1. The number of aliphatic hydroxyl groups excluding tert-OH is 1. The molecule has 9 nitrogen and oxygen atoms in total. The van der Waals surface area contributed by atoms with Crippen molar-refractivity contribution in [3.63, 3.8) is 0 Å². The number of carbonyl (C=O) groups is 3. The van der Waals surface area contributed by atoms with Crippen LogP contribution < -0.4 is 16.0 Å². The smallest absolute Gasteiger partial charge is 0.319 e. The van der Waals surface area contributed by atoms with E-state index in [4.69, 9.17) is 9.47 Å². The van der Waals surface area contributed by atoms with Crippen molar-refractivity contribution in [1.82, 2.24) is 5.32 Å². The summed E-state index contributed by atoms with van der Waals surface area (Å²) in [7, 11) is 0. The van der Waals surface area contributed by atoms with Gasteiger partial charge in [-0.25, -0.2) is 4.79 Å². The highest BCUT2D eigenvalue weighted by Crippen LogP contribution is 2.40. The molecule has 1 saturated heterocycles. The van der Waals surface area contributed by atoms with Crippen LogP contribution in [0.4, 0.5) is 16.2 Å². The van der Waals surface area contributed by atoms with Crippen molar-refractivity contribution < 1.29 is 29.0 Å². The van der Waals surface area contributed by atoms with Gasteiger partial charge in [0.15, 0.2) is 12.1 Å². The van der Waals surface area contributed by atoms with Crippen LogP contribution in [-0.2, 0) is 32.1 Å². The van der Waals surface area contributed by atoms with E-state index in [0.29, 0.717) is 24.3 Å². The fourth-order valence-electron chi connectivity index (χ4n) is 5.28. The van der Waals surface area contributed by atoms with Crippen molar-refractivity contribution in [2.24, 2.45) is 0 Å². The maximum absolute atomic E-state index is 13.0. The van der Waals surface area contributed by atoms with Gasteiger partial charge in [0.25, 0.3) is 0 Å². The Kier molecular flexibility index (Phi) is 11.8. The lowest BCUT2D eigenvalue weighted by molar-refractivity contribution is -0.245. The first-order valence-electron chi connectivity index (χ1n) is 15.5. The summed E-state index contributed by atoms with van der Waals surface area (Å²) >= 11 is 1.66. The fraction of sp³-hybridized carbons (Fsp3) is 0.270. The van der Waals surface area contributed by atoms with Crippen molar-refractivity contribution in [3.8, 4) is 0 Å². The Hall–Kier alpha value is -4.48. The van der Waals surface area contributed by atoms with Crippen molar-refractivity contribution in [2.45, 2.75) is 62.7 Å². The monoisotopic (exact) mass is 653 g/mol. The van der Waals surface area contributed by atoms with Gasteiger partial charge in [0.05, 0.1) is 24.9 Å². The van der Waals surface area contributed by atoms with E-state index in [2.05, 4.69) is 16.0 Å². The SMILES string of the molecule is CC(=O)Nc1ccc(SCC2CC(c3ccc(CO)cc3)OC(c3cccc(NC(=O)NC(Cc4ccccc4)C(C)=O)c3)O2)cc1. The van der Waals surface area contributed by atoms with Gasteiger partial charge in [-0.05, 0) is 66.4 Å². The number of thioether (sulfide) groups is 1. The molecule has 0 radical (unpaired) electrons. The summed E-state index contributed by atoms with van der Waals surface area (Å²) in [6.45, 7) is 2.91. The molecule has 1 aliphatic heterocycles. The Bertz CT molecular complexity index is 1650. The second-order valence-corrected chi connectivity index (χ2v) is 12.5. The van der Waals surface area contributed by atoms with Gasteiger partial charge in [0.1, 0.15) is 0 Å². The third-order valence-corrected chi connectivity index (χ3v) is 8.86. The molecule has 5 rings (SSSR count). The molecular formula is C37H39N3O6S. The molecule has 0 aliphatic carbocycles. The number of benzene rings is 4. The second-order valence-electron chi connectivity index (χ2n) is 11.4. The van der Waals surface area contributed by atoms with Gasteiger partial charge in [-0.3, -0.25) is 9.59 Å². The molecule has 3 amide bonds. The van der Waals surface area contributed by atoms with E-state index in [1.165, 1.54) is 13.8 Å². The number of Topliss-reactive ketones (excluding diaryl/α,β-unsaturated/α-hetero) is 1. The Morgan fingerprint density at radius 1 is 0.809 bits per heavy atom. The largest absolute Gasteiger partial charge is 0.392 e. The maximum Gasteiger partial charge on any atom is 0.319 e. The molecule has 1 heterocycles. The van der Waals surface area contributed by atoms with E-state index >= 15 is 0 Å². The van der Waals surface area contributed by atoms with Gasteiger partial charge in [-0.2, -0.15) is 0 Å². The first-order chi connectivity index (χ1) is 22.7. The zero-order chi connectivity index (χ0) is 33.2. The number of carbonyl (C=O) groups excluding carboxylic acids is 3. The molecule has 244 valence electrons. The molecule has 4 atom stereocenters. The molecule has 4 aromatic carbocycles. The van der Waals surface area contributed by atoms with Gasteiger partial charge in [0.2, 0.25) is 5.91 Å². The Morgan fingerprint density at radius 2 is 1.55 bits per heavy atom. The van der Waals surface area contributed by atoms with Gasteiger partial charge >= 0.3 is 6.03 Å². The lowest BCUT2D eigenvalue weighted by Gasteiger charge is -2.36. The number of ether oxygens (including phenoxy) is 2. The van der Waals surface area contributed by atoms with Crippen LogP contribution in [0.15, 0.2) is 108 Å². The van der Waals surface area contributed by atoms with Crippen molar-refractivity contribution in [1.29, 1.82) is 0 Å². The van der Waals surface area contributed by atoms with Crippen LogP contribution in [-0.4, -0.2) is 40.7 Å². The van der Waals surface area contributed by atoms with E-state index in [0.717, 1.165) is 32.8 Å². The molecule has 0 spiro atoms. The fourth-order valence-corrected chi connectivity index (χ4v) is 6.21. The number of amides is 3. The predicted octanol–water partition coefficient (Wildman–Crippen LogP) is 6.80. The second kappa shape index (κ2) is 16.4. The summed E-state index contributed by atoms with van der Waals surface area (Å²) in [5.74, 6) is 0.416. The van der Waals surface area contributed by atoms with Crippen molar-refractivity contribution in [2.75, 3.05) is 16.4 Å². The summed E-state index contributed by atoms with van der Waals surface area (Å²) in [6.07, 6.45) is -0.103. The number of anilines is 2.